The summed E-state index contributed by atoms with van der Waals surface area (Å²) in [4.78, 5) is 3.69. The third-order valence-electron chi connectivity index (χ3n) is 0.764. The molecule has 0 unspecified atom stereocenters. The highest BCUT2D eigenvalue weighted by molar-refractivity contribution is 5.36. The molecular weight excluding hydrogens is 102 g/mol. The van der Waals surface area contributed by atoms with Crippen molar-refractivity contribution in [2.24, 2.45) is 5.84 Å². The molecule has 8 heavy (non-hydrogen) atoms. The summed E-state index contributed by atoms with van der Waals surface area (Å²) in [5, 5.41) is 0. The van der Waals surface area contributed by atoms with Crippen LogP contribution in [0.15, 0.2) is 18.3 Å². The third-order valence-corrected chi connectivity index (χ3v) is 0.764. The monoisotopic (exact) mass is 108 g/mol. The molecule has 0 bridgehead atoms. The average molecular weight is 108 g/mol. The number of anilines is 1. The number of pyridine rings is 1. The van der Waals surface area contributed by atoms with Crippen LogP contribution in [-0.4, -0.2) is 4.98 Å². The van der Waals surface area contributed by atoms with E-state index in [0.29, 0.717) is 5.69 Å². The van der Waals surface area contributed by atoms with Crippen LogP contribution in [0.2, 0.25) is 0 Å². The van der Waals surface area contributed by atoms with Gasteiger partial charge in [0.2, 0.25) is 0 Å². The topological polar surface area (TPSA) is 50.9 Å². The molecule has 0 aliphatic carbocycles. The molecule has 3 nitrogen and oxygen atoms in total. The zero-order valence-electron chi connectivity index (χ0n) is 4.26. The summed E-state index contributed by atoms with van der Waals surface area (Å²) in [6.45, 7) is 0. The van der Waals surface area contributed by atoms with Gasteiger partial charge in [0, 0.05) is 6.20 Å². The van der Waals surface area contributed by atoms with Crippen LogP contribution in [0, 0.1) is 6.20 Å². The first-order valence-corrected chi connectivity index (χ1v) is 2.23. The van der Waals surface area contributed by atoms with E-state index < -0.39 is 0 Å². The van der Waals surface area contributed by atoms with E-state index in [1.54, 1.807) is 18.3 Å². The Balaban J connectivity index is 2.83. The van der Waals surface area contributed by atoms with Gasteiger partial charge in [0.15, 0.2) is 0 Å². The van der Waals surface area contributed by atoms with Crippen molar-refractivity contribution in [2.45, 2.75) is 0 Å². The maximum Gasteiger partial charge on any atom is 0.115 e. The van der Waals surface area contributed by atoms with E-state index >= 15 is 0 Å². The number of nitrogens with zero attached hydrogens (tertiary/aromatic N) is 1. The second-order valence-electron chi connectivity index (χ2n) is 1.31. The molecule has 0 fully saturated rings. The molecule has 0 saturated heterocycles. The second kappa shape index (κ2) is 2.28. The number of rotatable bonds is 1. The Morgan fingerprint density at radius 1 is 1.75 bits per heavy atom. The predicted octanol–water partition coefficient (Wildman–Crippen LogP) is 0.167. The van der Waals surface area contributed by atoms with Gasteiger partial charge in [0.05, 0.1) is 5.69 Å². The fourth-order valence-corrected chi connectivity index (χ4v) is 0.407. The Kier molecular flexibility index (Phi) is 1.44. The molecule has 3 heteroatoms. The van der Waals surface area contributed by atoms with Crippen molar-refractivity contribution < 1.29 is 0 Å². The van der Waals surface area contributed by atoms with Crippen molar-refractivity contribution >= 4 is 5.69 Å². The Morgan fingerprint density at radius 2 is 2.62 bits per heavy atom. The predicted molar refractivity (Wildman–Crippen MR) is 30.9 cm³/mol. The fourth-order valence-electron chi connectivity index (χ4n) is 0.407. The maximum atomic E-state index is 5.03. The lowest BCUT2D eigenvalue weighted by atomic mass is 10.4. The van der Waals surface area contributed by atoms with Crippen molar-refractivity contribution in [1.82, 2.24) is 4.98 Å². The number of hydrogen-bond donors (Lipinski definition) is 2. The molecule has 0 atom stereocenters. The van der Waals surface area contributed by atoms with Crippen molar-refractivity contribution in [1.29, 1.82) is 0 Å². The van der Waals surface area contributed by atoms with Gasteiger partial charge < -0.3 is 5.43 Å². The number of nitrogen functional groups attached to an aromatic ring is 1. The standard InChI is InChI=1S/C5H6N3/c6-8-5-2-1-3-7-4-5/h1-3,8H,6H2. The molecule has 41 valence electrons. The molecule has 0 aliphatic rings. The van der Waals surface area contributed by atoms with Gasteiger partial charge in [0.25, 0.3) is 0 Å². The van der Waals surface area contributed by atoms with E-state index in [1.165, 1.54) is 0 Å². The summed E-state index contributed by atoms with van der Waals surface area (Å²) in [7, 11) is 0. The van der Waals surface area contributed by atoms with E-state index in [9.17, 15) is 0 Å². The van der Waals surface area contributed by atoms with E-state index in [-0.39, 0.29) is 0 Å². The largest absolute Gasteiger partial charge is 0.322 e. The molecule has 1 rings (SSSR count). The highest BCUT2D eigenvalue weighted by Crippen LogP contribution is 1.96. The number of nitrogens with two attached hydrogens (primary N) is 1. The fraction of sp³-hybridized carbons (Fsp3) is 0. The van der Waals surface area contributed by atoms with Crippen molar-refractivity contribution in [2.75, 3.05) is 5.43 Å². The lowest BCUT2D eigenvalue weighted by molar-refractivity contribution is 1.26. The molecule has 1 aromatic heterocycles. The molecule has 0 amide bonds. The highest BCUT2D eigenvalue weighted by Gasteiger charge is 1.80. The number of hydrazine groups is 1. The van der Waals surface area contributed by atoms with Crippen LogP contribution in [-0.2, 0) is 0 Å². The van der Waals surface area contributed by atoms with Crippen LogP contribution in [0.4, 0.5) is 5.69 Å². The lowest BCUT2D eigenvalue weighted by Crippen LogP contribution is -2.06. The van der Waals surface area contributed by atoms with Gasteiger partial charge in [-0.05, 0) is 12.1 Å². The summed E-state index contributed by atoms with van der Waals surface area (Å²) in [5.41, 5.74) is 3.11. The summed E-state index contributed by atoms with van der Waals surface area (Å²) in [6.07, 6.45) is 4.27. The Bertz CT molecular complexity index is 149. The summed E-state index contributed by atoms with van der Waals surface area (Å²) < 4.78 is 0. The summed E-state index contributed by atoms with van der Waals surface area (Å²) >= 11 is 0. The molecule has 3 N–H and O–H groups in total. The van der Waals surface area contributed by atoms with E-state index in [0.717, 1.165) is 0 Å². The van der Waals surface area contributed by atoms with Crippen molar-refractivity contribution in [3.05, 3.63) is 24.5 Å². The van der Waals surface area contributed by atoms with Crippen LogP contribution in [0.1, 0.15) is 0 Å². The minimum Gasteiger partial charge on any atom is -0.322 e. The lowest BCUT2D eigenvalue weighted by Gasteiger charge is -1.92. The second-order valence-corrected chi connectivity index (χ2v) is 1.31. The summed E-state index contributed by atoms with van der Waals surface area (Å²) in [6, 6.07) is 3.57. The molecular formula is C5H6N3. The molecule has 0 spiro atoms. The first-order valence-electron chi connectivity index (χ1n) is 2.23. The number of nitrogens with one attached hydrogen (secondary N) is 1. The van der Waals surface area contributed by atoms with Gasteiger partial charge in [-0.3, -0.25) is 10.8 Å². The van der Waals surface area contributed by atoms with Crippen molar-refractivity contribution in [3.8, 4) is 0 Å². The molecule has 1 heterocycles. The Hall–Kier alpha value is -1.09. The van der Waals surface area contributed by atoms with Gasteiger partial charge in [0.1, 0.15) is 6.20 Å². The van der Waals surface area contributed by atoms with Crippen LogP contribution in [0.3, 0.4) is 0 Å². The van der Waals surface area contributed by atoms with Gasteiger partial charge in [-0.15, -0.1) is 0 Å². The van der Waals surface area contributed by atoms with Gasteiger partial charge >= 0.3 is 0 Å². The molecule has 0 aliphatic heterocycles. The zero-order valence-corrected chi connectivity index (χ0v) is 4.26. The van der Waals surface area contributed by atoms with Crippen LogP contribution >= 0.6 is 0 Å². The molecule has 0 aromatic carbocycles. The van der Waals surface area contributed by atoms with Crippen LogP contribution in [0.5, 0.6) is 0 Å². The minimum absolute atomic E-state index is 0.701. The van der Waals surface area contributed by atoms with E-state index in [2.05, 4.69) is 16.6 Å². The minimum atomic E-state index is 0.701. The molecule has 0 saturated carbocycles. The Labute approximate surface area is 47.5 Å². The van der Waals surface area contributed by atoms with E-state index in [1.807, 2.05) is 0 Å². The summed E-state index contributed by atoms with van der Waals surface area (Å²) in [5.74, 6) is 5.03. The normalized spacial score (nSPS) is 8.62. The van der Waals surface area contributed by atoms with Gasteiger partial charge in [-0.1, -0.05) is 0 Å². The first kappa shape index (κ1) is 5.05. The van der Waals surface area contributed by atoms with Crippen LogP contribution in [0.25, 0.3) is 0 Å². The first-order chi connectivity index (χ1) is 3.93. The quantitative estimate of drug-likeness (QED) is 0.398. The third kappa shape index (κ3) is 0.946. The van der Waals surface area contributed by atoms with Crippen molar-refractivity contribution in [3.63, 3.8) is 0 Å². The number of hydrogen-bond acceptors (Lipinski definition) is 3. The van der Waals surface area contributed by atoms with Gasteiger partial charge in [-0.2, -0.15) is 0 Å². The van der Waals surface area contributed by atoms with E-state index in [4.69, 9.17) is 5.84 Å². The number of aromatic nitrogens is 1. The highest BCUT2D eigenvalue weighted by atomic mass is 15.2. The molecule has 1 aromatic rings. The van der Waals surface area contributed by atoms with Gasteiger partial charge in [-0.25, -0.2) is 0 Å². The zero-order chi connectivity index (χ0) is 5.82. The SMILES string of the molecule is NNc1[c]nccc1. The van der Waals surface area contributed by atoms with Crippen LogP contribution < -0.4 is 11.3 Å². The smallest absolute Gasteiger partial charge is 0.115 e. The average Bonchev–Trinajstić information content (AvgIpc) is 1.90. The molecule has 1 radical (unpaired) electrons. The Morgan fingerprint density at radius 3 is 3.00 bits per heavy atom. The maximum absolute atomic E-state index is 5.03.